The van der Waals surface area contributed by atoms with Crippen molar-refractivity contribution in [3.8, 4) is 0 Å². The average Bonchev–Trinajstić information content (AvgIpc) is 2.48. The maximum absolute atomic E-state index is 12.9. The Kier molecular flexibility index (Phi) is 5.22. The van der Waals surface area contributed by atoms with Gasteiger partial charge < -0.3 is 10.2 Å². The molecule has 0 spiro atoms. The van der Waals surface area contributed by atoms with E-state index in [1.165, 1.54) is 12.1 Å². The van der Waals surface area contributed by atoms with Crippen LogP contribution in [0.1, 0.15) is 23.7 Å². The molecule has 1 aromatic carbocycles. The first-order chi connectivity index (χ1) is 10.1. The first kappa shape index (κ1) is 15.4. The summed E-state index contributed by atoms with van der Waals surface area (Å²) in [7, 11) is 1.93. The fraction of sp³-hybridized carbons (Fsp3) is 0.375. The van der Waals surface area contributed by atoms with Gasteiger partial charge in [-0.25, -0.2) is 14.4 Å². The SMILES string of the molecule is CCNCc1cnc(N(C)Cc2ccc(F)cc2)nc1C. The lowest BCUT2D eigenvalue weighted by Crippen LogP contribution is -2.20. The minimum atomic E-state index is -0.221. The van der Waals surface area contributed by atoms with Crippen LogP contribution in [0.3, 0.4) is 0 Å². The van der Waals surface area contributed by atoms with E-state index in [1.54, 1.807) is 12.1 Å². The highest BCUT2D eigenvalue weighted by Crippen LogP contribution is 2.13. The van der Waals surface area contributed by atoms with E-state index in [0.717, 1.165) is 29.9 Å². The zero-order valence-electron chi connectivity index (χ0n) is 12.7. The number of nitrogens with one attached hydrogen (secondary N) is 1. The fourth-order valence-corrected chi connectivity index (χ4v) is 2.03. The normalized spacial score (nSPS) is 10.7. The quantitative estimate of drug-likeness (QED) is 0.887. The molecule has 1 heterocycles. The first-order valence-corrected chi connectivity index (χ1v) is 7.09. The van der Waals surface area contributed by atoms with Gasteiger partial charge in [-0.15, -0.1) is 0 Å². The molecule has 0 saturated carbocycles. The Hall–Kier alpha value is -2.01. The van der Waals surface area contributed by atoms with Crippen LogP contribution in [-0.2, 0) is 13.1 Å². The minimum absolute atomic E-state index is 0.221. The molecule has 0 fully saturated rings. The van der Waals surface area contributed by atoms with Crippen LogP contribution in [0, 0.1) is 12.7 Å². The van der Waals surface area contributed by atoms with Crippen LogP contribution < -0.4 is 10.2 Å². The Balaban J connectivity index is 2.06. The molecule has 112 valence electrons. The van der Waals surface area contributed by atoms with Crippen LogP contribution in [0.5, 0.6) is 0 Å². The average molecular weight is 288 g/mol. The third-order valence-corrected chi connectivity index (χ3v) is 3.31. The number of anilines is 1. The Labute approximate surface area is 125 Å². The fourth-order valence-electron chi connectivity index (χ4n) is 2.03. The molecule has 5 heteroatoms. The van der Waals surface area contributed by atoms with Crippen LogP contribution in [0.15, 0.2) is 30.5 Å². The summed E-state index contributed by atoms with van der Waals surface area (Å²) in [5, 5.41) is 3.27. The second-order valence-electron chi connectivity index (χ2n) is 5.04. The number of aryl methyl sites for hydroxylation is 1. The van der Waals surface area contributed by atoms with Gasteiger partial charge >= 0.3 is 0 Å². The number of nitrogens with zero attached hydrogens (tertiary/aromatic N) is 3. The van der Waals surface area contributed by atoms with E-state index in [-0.39, 0.29) is 5.82 Å². The van der Waals surface area contributed by atoms with Crippen molar-refractivity contribution in [2.75, 3.05) is 18.5 Å². The number of halogens is 1. The van der Waals surface area contributed by atoms with Crippen molar-refractivity contribution in [3.63, 3.8) is 0 Å². The van der Waals surface area contributed by atoms with Crippen molar-refractivity contribution in [1.29, 1.82) is 0 Å². The predicted octanol–water partition coefficient (Wildman–Crippen LogP) is 2.67. The summed E-state index contributed by atoms with van der Waals surface area (Å²) < 4.78 is 12.9. The lowest BCUT2D eigenvalue weighted by molar-refractivity contribution is 0.627. The summed E-state index contributed by atoms with van der Waals surface area (Å²) in [4.78, 5) is 10.9. The Morgan fingerprint density at radius 3 is 2.57 bits per heavy atom. The molecule has 2 rings (SSSR count). The molecule has 0 amide bonds. The summed E-state index contributed by atoms with van der Waals surface area (Å²) in [5.41, 5.74) is 3.11. The molecule has 1 aromatic heterocycles. The highest BCUT2D eigenvalue weighted by Gasteiger charge is 2.08. The monoisotopic (exact) mass is 288 g/mol. The Bertz CT molecular complexity index is 583. The van der Waals surface area contributed by atoms with Gasteiger partial charge in [0.05, 0.1) is 0 Å². The van der Waals surface area contributed by atoms with Gasteiger partial charge in [-0.3, -0.25) is 0 Å². The summed E-state index contributed by atoms with van der Waals surface area (Å²) in [6.07, 6.45) is 1.86. The molecule has 0 bridgehead atoms. The van der Waals surface area contributed by atoms with Gasteiger partial charge in [0, 0.05) is 37.6 Å². The Morgan fingerprint density at radius 1 is 1.24 bits per heavy atom. The van der Waals surface area contributed by atoms with Crippen molar-refractivity contribution in [1.82, 2.24) is 15.3 Å². The van der Waals surface area contributed by atoms with E-state index in [0.29, 0.717) is 12.5 Å². The third-order valence-electron chi connectivity index (χ3n) is 3.31. The minimum Gasteiger partial charge on any atom is -0.340 e. The zero-order valence-corrected chi connectivity index (χ0v) is 12.7. The first-order valence-electron chi connectivity index (χ1n) is 7.09. The van der Waals surface area contributed by atoms with Crippen LogP contribution >= 0.6 is 0 Å². The van der Waals surface area contributed by atoms with Crippen molar-refractivity contribution in [2.24, 2.45) is 0 Å². The summed E-state index contributed by atoms with van der Waals surface area (Å²) in [6.45, 7) is 6.41. The molecule has 0 aliphatic rings. The van der Waals surface area contributed by atoms with Gasteiger partial charge in [-0.05, 0) is 31.2 Å². The highest BCUT2D eigenvalue weighted by molar-refractivity contribution is 5.33. The second-order valence-corrected chi connectivity index (χ2v) is 5.04. The number of hydrogen-bond donors (Lipinski definition) is 1. The molecule has 0 aliphatic carbocycles. The van der Waals surface area contributed by atoms with E-state index in [9.17, 15) is 4.39 Å². The largest absolute Gasteiger partial charge is 0.340 e. The van der Waals surface area contributed by atoms with E-state index in [2.05, 4.69) is 22.2 Å². The molecule has 0 atom stereocenters. The molecule has 2 aromatic rings. The van der Waals surface area contributed by atoms with Gasteiger partial charge in [-0.1, -0.05) is 19.1 Å². The summed E-state index contributed by atoms with van der Waals surface area (Å²) in [5.74, 6) is 0.457. The van der Waals surface area contributed by atoms with Gasteiger partial charge in [0.25, 0.3) is 0 Å². The summed E-state index contributed by atoms with van der Waals surface area (Å²) in [6, 6.07) is 6.49. The maximum Gasteiger partial charge on any atom is 0.225 e. The van der Waals surface area contributed by atoms with Crippen LogP contribution in [0.2, 0.25) is 0 Å². The van der Waals surface area contributed by atoms with Crippen LogP contribution in [-0.4, -0.2) is 23.6 Å². The lowest BCUT2D eigenvalue weighted by Gasteiger charge is -2.18. The van der Waals surface area contributed by atoms with E-state index in [1.807, 2.05) is 25.1 Å². The molecular formula is C16H21FN4. The smallest absolute Gasteiger partial charge is 0.225 e. The molecule has 0 unspecified atom stereocenters. The van der Waals surface area contributed by atoms with Gasteiger partial charge in [-0.2, -0.15) is 0 Å². The molecular weight excluding hydrogens is 267 g/mol. The van der Waals surface area contributed by atoms with Crippen molar-refractivity contribution >= 4 is 5.95 Å². The van der Waals surface area contributed by atoms with Gasteiger partial charge in [0.2, 0.25) is 5.95 Å². The number of rotatable bonds is 6. The predicted molar refractivity (Wildman–Crippen MR) is 82.7 cm³/mol. The number of aromatic nitrogens is 2. The number of hydrogen-bond acceptors (Lipinski definition) is 4. The molecule has 1 N–H and O–H groups in total. The van der Waals surface area contributed by atoms with Gasteiger partial charge in [0.15, 0.2) is 0 Å². The highest BCUT2D eigenvalue weighted by atomic mass is 19.1. The molecule has 4 nitrogen and oxygen atoms in total. The van der Waals surface area contributed by atoms with E-state index < -0.39 is 0 Å². The van der Waals surface area contributed by atoms with Crippen molar-refractivity contribution in [3.05, 3.63) is 53.1 Å². The van der Waals surface area contributed by atoms with Crippen LogP contribution in [0.4, 0.5) is 10.3 Å². The topological polar surface area (TPSA) is 41.1 Å². The zero-order chi connectivity index (χ0) is 15.2. The van der Waals surface area contributed by atoms with Gasteiger partial charge in [0.1, 0.15) is 5.82 Å². The molecule has 0 aliphatic heterocycles. The van der Waals surface area contributed by atoms with E-state index >= 15 is 0 Å². The van der Waals surface area contributed by atoms with E-state index in [4.69, 9.17) is 0 Å². The van der Waals surface area contributed by atoms with Crippen molar-refractivity contribution in [2.45, 2.75) is 26.9 Å². The second kappa shape index (κ2) is 7.13. The van der Waals surface area contributed by atoms with Crippen molar-refractivity contribution < 1.29 is 4.39 Å². The summed E-state index contributed by atoms with van der Waals surface area (Å²) >= 11 is 0. The maximum atomic E-state index is 12.9. The lowest BCUT2D eigenvalue weighted by atomic mass is 10.2. The third kappa shape index (κ3) is 4.23. The molecule has 0 radical (unpaired) electrons. The molecule has 21 heavy (non-hydrogen) atoms. The Morgan fingerprint density at radius 2 is 1.95 bits per heavy atom. The standard InChI is InChI=1S/C16H21FN4/c1-4-18-9-14-10-19-16(20-12(14)2)21(3)11-13-5-7-15(17)8-6-13/h5-8,10,18H,4,9,11H2,1-3H3. The van der Waals surface area contributed by atoms with Crippen LogP contribution in [0.25, 0.3) is 0 Å². The molecule has 0 saturated heterocycles. The number of benzene rings is 1.